The Bertz CT molecular complexity index is 1390. The van der Waals surface area contributed by atoms with Gasteiger partial charge in [0.25, 0.3) is 5.56 Å². The van der Waals surface area contributed by atoms with Gasteiger partial charge < -0.3 is 19.8 Å². The van der Waals surface area contributed by atoms with Gasteiger partial charge in [0.1, 0.15) is 11.3 Å². The van der Waals surface area contributed by atoms with Crippen LogP contribution in [-0.2, 0) is 6.18 Å². The van der Waals surface area contributed by atoms with Gasteiger partial charge >= 0.3 is 18.0 Å². The van der Waals surface area contributed by atoms with Gasteiger partial charge in [-0.25, -0.2) is 19.7 Å². The van der Waals surface area contributed by atoms with E-state index in [0.29, 0.717) is 5.69 Å². The molecule has 1 atom stereocenters. The van der Waals surface area contributed by atoms with E-state index in [9.17, 15) is 22.8 Å². The molecule has 12 heteroatoms. The van der Waals surface area contributed by atoms with Crippen LogP contribution in [0.1, 0.15) is 40.7 Å². The number of aromatic amines is 1. The normalized spacial score (nSPS) is 12.9. The summed E-state index contributed by atoms with van der Waals surface area (Å²) in [6.07, 6.45) is -4.73. The average Bonchev–Trinajstić information content (AvgIpc) is 3.10. The Morgan fingerprint density at radius 2 is 1.94 bits per heavy atom. The molecule has 0 aliphatic carbocycles. The molecular formula is C19H14F3N5O4. The summed E-state index contributed by atoms with van der Waals surface area (Å²) in [6, 6.07) is 4.23. The number of nitrogens with zero attached hydrogens (tertiary/aromatic N) is 3. The fourth-order valence-electron chi connectivity index (χ4n) is 3.18. The van der Waals surface area contributed by atoms with E-state index in [1.165, 1.54) is 32.0 Å². The lowest BCUT2D eigenvalue weighted by atomic mass is 10.1. The number of hydrogen-bond donors (Lipinski definition) is 3. The summed E-state index contributed by atoms with van der Waals surface area (Å²) in [6.45, 7) is 2.91. The Labute approximate surface area is 171 Å². The lowest BCUT2D eigenvalue weighted by Gasteiger charge is -2.20. The zero-order valence-electron chi connectivity index (χ0n) is 16.0. The van der Waals surface area contributed by atoms with Crippen molar-refractivity contribution in [2.45, 2.75) is 26.1 Å². The van der Waals surface area contributed by atoms with E-state index in [4.69, 9.17) is 9.52 Å². The molecule has 0 saturated carbocycles. The second-order valence-electron chi connectivity index (χ2n) is 6.81. The number of carboxylic acid groups (broad SMARTS) is 1. The summed E-state index contributed by atoms with van der Waals surface area (Å²) in [5, 5.41) is 11.8. The summed E-state index contributed by atoms with van der Waals surface area (Å²) >= 11 is 0. The van der Waals surface area contributed by atoms with Crippen molar-refractivity contribution in [2.24, 2.45) is 0 Å². The fourth-order valence-corrected chi connectivity index (χ4v) is 3.18. The number of halogens is 3. The van der Waals surface area contributed by atoms with Crippen molar-refractivity contribution >= 4 is 33.8 Å². The zero-order chi connectivity index (χ0) is 22.5. The smallest absolute Gasteiger partial charge is 0.418 e. The molecule has 0 amide bonds. The van der Waals surface area contributed by atoms with E-state index in [1.54, 1.807) is 0 Å². The highest BCUT2D eigenvalue weighted by atomic mass is 19.4. The van der Waals surface area contributed by atoms with Crippen LogP contribution in [0, 0.1) is 6.92 Å². The molecule has 3 aromatic heterocycles. The van der Waals surface area contributed by atoms with Gasteiger partial charge in [0.05, 0.1) is 22.8 Å². The number of hydrogen-bond acceptors (Lipinski definition) is 7. The first-order valence-electron chi connectivity index (χ1n) is 8.92. The minimum absolute atomic E-state index is 0.147. The maximum atomic E-state index is 13.7. The van der Waals surface area contributed by atoms with Gasteiger partial charge in [-0.1, -0.05) is 0 Å². The Morgan fingerprint density at radius 1 is 1.19 bits per heavy atom. The van der Waals surface area contributed by atoms with E-state index in [1.807, 2.05) is 0 Å². The summed E-state index contributed by atoms with van der Waals surface area (Å²) in [4.78, 5) is 37.3. The van der Waals surface area contributed by atoms with Crippen LogP contribution in [0.3, 0.4) is 0 Å². The molecule has 0 aliphatic heterocycles. The minimum Gasteiger partial charge on any atom is -0.474 e. The van der Waals surface area contributed by atoms with Crippen molar-refractivity contribution in [1.82, 2.24) is 19.9 Å². The molecule has 31 heavy (non-hydrogen) atoms. The Morgan fingerprint density at radius 3 is 2.61 bits per heavy atom. The van der Waals surface area contributed by atoms with Crippen LogP contribution in [0.4, 0.5) is 18.9 Å². The maximum Gasteiger partial charge on any atom is 0.418 e. The molecule has 3 N–H and O–H groups in total. The second-order valence-corrected chi connectivity index (χ2v) is 6.81. The van der Waals surface area contributed by atoms with Crippen molar-refractivity contribution in [3.8, 4) is 0 Å². The highest BCUT2D eigenvalue weighted by Crippen LogP contribution is 2.36. The number of H-pyrrole nitrogens is 1. The van der Waals surface area contributed by atoms with Gasteiger partial charge in [-0.3, -0.25) is 4.79 Å². The summed E-state index contributed by atoms with van der Waals surface area (Å²) in [5.41, 5.74) is -1.65. The summed E-state index contributed by atoms with van der Waals surface area (Å²) < 4.78 is 46.2. The van der Waals surface area contributed by atoms with Crippen LogP contribution >= 0.6 is 0 Å². The van der Waals surface area contributed by atoms with Crippen molar-refractivity contribution in [3.63, 3.8) is 0 Å². The largest absolute Gasteiger partial charge is 0.474 e. The SMILES string of the molecule is Cc1nc2cc(C(F)(F)F)c([C@H](C)Nc3ccc4nc(C(=O)O)oc4c3)nc2c(=O)[nH]1. The Balaban J connectivity index is 1.77. The number of aryl methyl sites for hydroxylation is 1. The molecular weight excluding hydrogens is 419 g/mol. The Kier molecular flexibility index (Phi) is 4.64. The van der Waals surface area contributed by atoms with Crippen molar-refractivity contribution in [1.29, 1.82) is 0 Å². The third-order valence-corrected chi connectivity index (χ3v) is 4.50. The van der Waals surface area contributed by atoms with Crippen LogP contribution in [0.15, 0.2) is 33.5 Å². The van der Waals surface area contributed by atoms with Gasteiger partial charge in [-0.05, 0) is 32.0 Å². The number of carbonyl (C=O) groups is 1. The maximum absolute atomic E-state index is 13.7. The third kappa shape index (κ3) is 3.79. The van der Waals surface area contributed by atoms with Crippen LogP contribution in [0.25, 0.3) is 22.1 Å². The molecule has 0 spiro atoms. The number of carboxylic acids is 1. The van der Waals surface area contributed by atoms with Gasteiger partial charge in [0.2, 0.25) is 0 Å². The van der Waals surface area contributed by atoms with Gasteiger partial charge in [-0.15, -0.1) is 0 Å². The lowest BCUT2D eigenvalue weighted by molar-refractivity contribution is -0.138. The summed E-state index contributed by atoms with van der Waals surface area (Å²) in [7, 11) is 0. The van der Waals surface area contributed by atoms with E-state index in [-0.39, 0.29) is 33.7 Å². The number of rotatable bonds is 4. The van der Waals surface area contributed by atoms with Crippen molar-refractivity contribution in [2.75, 3.05) is 5.32 Å². The number of benzene rings is 1. The number of alkyl halides is 3. The zero-order valence-corrected chi connectivity index (χ0v) is 16.0. The minimum atomic E-state index is -4.73. The number of anilines is 1. The predicted octanol–water partition coefficient (Wildman–Crippen LogP) is 3.66. The first kappa shape index (κ1) is 20.3. The monoisotopic (exact) mass is 433 g/mol. The molecule has 4 rings (SSSR count). The molecule has 160 valence electrons. The average molecular weight is 433 g/mol. The number of aromatic carboxylic acids is 1. The Hall–Kier alpha value is -3.96. The molecule has 9 nitrogen and oxygen atoms in total. The number of oxazole rings is 1. The summed E-state index contributed by atoms with van der Waals surface area (Å²) in [5.74, 6) is -1.67. The first-order chi connectivity index (χ1) is 14.5. The quantitative estimate of drug-likeness (QED) is 0.444. The van der Waals surface area contributed by atoms with Crippen LogP contribution in [0.5, 0.6) is 0 Å². The van der Waals surface area contributed by atoms with Gasteiger partial charge in [-0.2, -0.15) is 13.2 Å². The number of aromatic nitrogens is 4. The fraction of sp³-hybridized carbons (Fsp3) is 0.211. The molecule has 0 fully saturated rings. The predicted molar refractivity (Wildman–Crippen MR) is 103 cm³/mol. The number of nitrogens with one attached hydrogen (secondary N) is 2. The lowest BCUT2D eigenvalue weighted by Crippen LogP contribution is -2.20. The van der Waals surface area contributed by atoms with Crippen molar-refractivity contribution < 1.29 is 27.5 Å². The van der Waals surface area contributed by atoms with E-state index >= 15 is 0 Å². The van der Waals surface area contributed by atoms with E-state index in [0.717, 1.165) is 6.07 Å². The number of fused-ring (bicyclic) bond motifs is 2. The van der Waals surface area contributed by atoms with E-state index < -0.39 is 35.2 Å². The van der Waals surface area contributed by atoms with Crippen LogP contribution in [-0.4, -0.2) is 31.0 Å². The van der Waals surface area contributed by atoms with Gasteiger partial charge in [0, 0.05) is 11.8 Å². The standard InChI is InChI=1S/C19H14F3N5O4/c1-7(23-9-3-4-11-13(5-9)31-17(26-11)18(29)30)14-10(19(20,21)22)6-12-15(27-14)16(28)25-8(2)24-12/h3-7,23H,1-2H3,(H,29,30)(H,24,25,28)/t7-/m0/s1. The van der Waals surface area contributed by atoms with Crippen LogP contribution < -0.4 is 10.9 Å². The van der Waals surface area contributed by atoms with Gasteiger partial charge in [0.15, 0.2) is 11.1 Å². The third-order valence-electron chi connectivity index (χ3n) is 4.50. The molecule has 0 unspecified atom stereocenters. The molecule has 0 saturated heterocycles. The van der Waals surface area contributed by atoms with Crippen LogP contribution in [0.2, 0.25) is 0 Å². The topological polar surface area (TPSA) is 134 Å². The number of pyridine rings is 1. The molecule has 0 radical (unpaired) electrons. The molecule has 3 heterocycles. The van der Waals surface area contributed by atoms with E-state index in [2.05, 4.69) is 25.3 Å². The van der Waals surface area contributed by atoms with Crippen molar-refractivity contribution in [3.05, 3.63) is 57.6 Å². The second kappa shape index (κ2) is 7.07. The highest BCUT2D eigenvalue weighted by Gasteiger charge is 2.36. The molecule has 1 aromatic carbocycles. The first-order valence-corrected chi connectivity index (χ1v) is 8.92. The highest BCUT2D eigenvalue weighted by molar-refractivity contribution is 5.87. The molecule has 0 bridgehead atoms. The molecule has 0 aliphatic rings. The molecule has 4 aromatic rings.